The third kappa shape index (κ3) is 3.10. The predicted molar refractivity (Wildman–Crippen MR) is 74.6 cm³/mol. The van der Waals surface area contributed by atoms with Crippen LogP contribution >= 0.6 is 0 Å². The fourth-order valence-corrected chi connectivity index (χ4v) is 2.41. The van der Waals surface area contributed by atoms with Gasteiger partial charge in [-0.25, -0.2) is 0 Å². The molecular formula is C15H22N2O. The highest BCUT2D eigenvalue weighted by Gasteiger charge is 2.24. The largest absolute Gasteiger partial charge is 0.326 e. The van der Waals surface area contributed by atoms with E-state index >= 15 is 0 Å². The molecule has 18 heavy (non-hydrogen) atoms. The first-order valence-electron chi connectivity index (χ1n) is 6.83. The van der Waals surface area contributed by atoms with E-state index in [-0.39, 0.29) is 11.8 Å². The predicted octanol–water partition coefficient (Wildman–Crippen LogP) is 2.58. The van der Waals surface area contributed by atoms with Crippen LogP contribution in [-0.2, 0) is 11.2 Å². The Labute approximate surface area is 109 Å². The summed E-state index contributed by atoms with van der Waals surface area (Å²) in [6, 6.07) is 8.57. The first-order chi connectivity index (χ1) is 8.70. The number of anilines is 1. The molecule has 2 N–H and O–H groups in total. The standard InChI is InChI=1S/C15H22N2O/c1-3-12-6-4-5-7-14(12)17-15(18)13-9-8-11(2)16-10-13/h4-7,11,13,16H,3,8-10H2,1-2H3,(H,17,18). The number of carbonyl (C=O) groups is 1. The normalized spacial score (nSPS) is 23.7. The van der Waals surface area contributed by atoms with Crippen molar-refractivity contribution in [2.75, 3.05) is 11.9 Å². The van der Waals surface area contributed by atoms with Crippen LogP contribution in [0.5, 0.6) is 0 Å². The van der Waals surface area contributed by atoms with Crippen LogP contribution in [0.2, 0.25) is 0 Å². The Kier molecular flexibility index (Phi) is 4.37. The Balaban J connectivity index is 1.98. The lowest BCUT2D eigenvalue weighted by Crippen LogP contribution is -2.41. The van der Waals surface area contributed by atoms with Crippen molar-refractivity contribution in [2.45, 2.75) is 39.2 Å². The number of amides is 1. The molecular weight excluding hydrogens is 224 g/mol. The summed E-state index contributed by atoms with van der Waals surface area (Å²) in [6.07, 6.45) is 3.00. The summed E-state index contributed by atoms with van der Waals surface area (Å²) in [5.74, 6) is 0.251. The summed E-state index contributed by atoms with van der Waals surface area (Å²) in [4.78, 5) is 12.2. The second-order valence-electron chi connectivity index (χ2n) is 5.08. The minimum Gasteiger partial charge on any atom is -0.326 e. The first kappa shape index (κ1) is 13.1. The first-order valence-corrected chi connectivity index (χ1v) is 6.83. The number of nitrogens with one attached hydrogen (secondary N) is 2. The maximum Gasteiger partial charge on any atom is 0.228 e. The van der Waals surface area contributed by atoms with Crippen molar-refractivity contribution in [3.8, 4) is 0 Å². The van der Waals surface area contributed by atoms with Crippen molar-refractivity contribution < 1.29 is 4.79 Å². The minimum absolute atomic E-state index is 0.103. The van der Waals surface area contributed by atoms with E-state index in [0.29, 0.717) is 6.04 Å². The van der Waals surface area contributed by atoms with E-state index in [4.69, 9.17) is 0 Å². The van der Waals surface area contributed by atoms with E-state index in [1.54, 1.807) is 0 Å². The van der Waals surface area contributed by atoms with E-state index in [1.165, 1.54) is 5.56 Å². The zero-order valence-electron chi connectivity index (χ0n) is 11.2. The molecule has 1 amide bonds. The van der Waals surface area contributed by atoms with Crippen LogP contribution in [0.4, 0.5) is 5.69 Å². The second-order valence-corrected chi connectivity index (χ2v) is 5.08. The van der Waals surface area contributed by atoms with Gasteiger partial charge < -0.3 is 10.6 Å². The number of piperidine rings is 1. The molecule has 1 aliphatic rings. The van der Waals surface area contributed by atoms with Gasteiger partial charge in [-0.2, -0.15) is 0 Å². The maximum atomic E-state index is 12.2. The fourth-order valence-electron chi connectivity index (χ4n) is 2.41. The number of hydrogen-bond acceptors (Lipinski definition) is 2. The van der Waals surface area contributed by atoms with Gasteiger partial charge in [0, 0.05) is 18.3 Å². The van der Waals surface area contributed by atoms with Gasteiger partial charge >= 0.3 is 0 Å². The molecule has 2 atom stereocenters. The topological polar surface area (TPSA) is 41.1 Å². The third-order valence-electron chi connectivity index (χ3n) is 3.69. The lowest BCUT2D eigenvalue weighted by atomic mass is 9.94. The fraction of sp³-hybridized carbons (Fsp3) is 0.533. The summed E-state index contributed by atoms with van der Waals surface area (Å²) < 4.78 is 0. The summed E-state index contributed by atoms with van der Waals surface area (Å²) >= 11 is 0. The van der Waals surface area contributed by atoms with Crippen molar-refractivity contribution in [2.24, 2.45) is 5.92 Å². The highest BCUT2D eigenvalue weighted by Crippen LogP contribution is 2.19. The number of benzene rings is 1. The zero-order valence-corrected chi connectivity index (χ0v) is 11.2. The molecule has 1 heterocycles. The number of hydrogen-bond donors (Lipinski definition) is 2. The van der Waals surface area contributed by atoms with E-state index in [0.717, 1.165) is 31.5 Å². The summed E-state index contributed by atoms with van der Waals surface area (Å²) in [7, 11) is 0. The summed E-state index contributed by atoms with van der Waals surface area (Å²) in [5.41, 5.74) is 2.16. The van der Waals surface area contributed by atoms with E-state index in [9.17, 15) is 4.79 Å². The van der Waals surface area contributed by atoms with Crippen LogP contribution in [0.25, 0.3) is 0 Å². The number of rotatable bonds is 3. The summed E-state index contributed by atoms with van der Waals surface area (Å²) in [6.45, 7) is 5.07. The zero-order chi connectivity index (χ0) is 13.0. The van der Waals surface area contributed by atoms with E-state index in [2.05, 4.69) is 30.5 Å². The Bertz CT molecular complexity index is 409. The molecule has 0 spiro atoms. The Morgan fingerprint density at radius 3 is 2.83 bits per heavy atom. The molecule has 0 bridgehead atoms. The van der Waals surface area contributed by atoms with Gasteiger partial charge in [0.1, 0.15) is 0 Å². The van der Waals surface area contributed by atoms with Crippen LogP contribution in [0.1, 0.15) is 32.3 Å². The monoisotopic (exact) mass is 246 g/mol. The van der Waals surface area contributed by atoms with Gasteiger partial charge in [0.15, 0.2) is 0 Å². The molecule has 1 aromatic rings. The molecule has 1 fully saturated rings. The molecule has 98 valence electrons. The average molecular weight is 246 g/mol. The molecule has 0 radical (unpaired) electrons. The highest BCUT2D eigenvalue weighted by molar-refractivity contribution is 5.93. The molecule has 0 saturated carbocycles. The lowest BCUT2D eigenvalue weighted by Gasteiger charge is -2.27. The van der Waals surface area contributed by atoms with E-state index in [1.807, 2.05) is 18.2 Å². The van der Waals surface area contributed by atoms with Crippen LogP contribution in [0.3, 0.4) is 0 Å². The second kappa shape index (κ2) is 6.01. The number of para-hydroxylation sites is 1. The highest BCUT2D eigenvalue weighted by atomic mass is 16.1. The molecule has 3 nitrogen and oxygen atoms in total. The smallest absolute Gasteiger partial charge is 0.228 e. The Morgan fingerprint density at radius 1 is 1.39 bits per heavy atom. The maximum absolute atomic E-state index is 12.2. The number of aryl methyl sites for hydroxylation is 1. The third-order valence-corrected chi connectivity index (χ3v) is 3.69. The average Bonchev–Trinajstić information content (AvgIpc) is 2.40. The molecule has 2 unspecified atom stereocenters. The van der Waals surface area contributed by atoms with Gasteiger partial charge in [0.25, 0.3) is 0 Å². The van der Waals surface area contributed by atoms with Crippen molar-refractivity contribution in [3.05, 3.63) is 29.8 Å². The van der Waals surface area contributed by atoms with Gasteiger partial charge in [-0.05, 0) is 37.8 Å². The Hall–Kier alpha value is -1.35. The minimum atomic E-state index is 0.103. The quantitative estimate of drug-likeness (QED) is 0.860. The van der Waals surface area contributed by atoms with Crippen molar-refractivity contribution in [1.29, 1.82) is 0 Å². The van der Waals surface area contributed by atoms with Crippen molar-refractivity contribution in [3.63, 3.8) is 0 Å². The SMILES string of the molecule is CCc1ccccc1NC(=O)C1CCC(C)NC1. The molecule has 0 aromatic heterocycles. The molecule has 3 heteroatoms. The Morgan fingerprint density at radius 2 is 2.17 bits per heavy atom. The molecule has 1 saturated heterocycles. The van der Waals surface area contributed by atoms with E-state index < -0.39 is 0 Å². The van der Waals surface area contributed by atoms with Crippen molar-refractivity contribution >= 4 is 11.6 Å². The molecule has 2 rings (SSSR count). The van der Waals surface area contributed by atoms with Crippen LogP contribution < -0.4 is 10.6 Å². The van der Waals surface area contributed by atoms with Gasteiger partial charge in [-0.3, -0.25) is 4.79 Å². The lowest BCUT2D eigenvalue weighted by molar-refractivity contribution is -0.120. The number of carbonyl (C=O) groups excluding carboxylic acids is 1. The van der Waals surface area contributed by atoms with Gasteiger partial charge in [0.05, 0.1) is 5.92 Å². The van der Waals surface area contributed by atoms with Crippen LogP contribution in [-0.4, -0.2) is 18.5 Å². The van der Waals surface area contributed by atoms with Crippen LogP contribution in [0.15, 0.2) is 24.3 Å². The van der Waals surface area contributed by atoms with Gasteiger partial charge in [-0.15, -0.1) is 0 Å². The summed E-state index contributed by atoms with van der Waals surface area (Å²) in [5, 5.41) is 6.43. The van der Waals surface area contributed by atoms with Gasteiger partial charge in [0.2, 0.25) is 5.91 Å². The molecule has 1 aromatic carbocycles. The van der Waals surface area contributed by atoms with Gasteiger partial charge in [-0.1, -0.05) is 25.1 Å². The molecule has 1 aliphatic heterocycles. The van der Waals surface area contributed by atoms with Crippen LogP contribution in [0, 0.1) is 5.92 Å². The molecule has 0 aliphatic carbocycles. The van der Waals surface area contributed by atoms with Crippen molar-refractivity contribution in [1.82, 2.24) is 5.32 Å².